The van der Waals surface area contributed by atoms with E-state index in [0.717, 1.165) is 0 Å². The number of benzene rings is 1. The first-order valence-corrected chi connectivity index (χ1v) is 7.25. The second-order valence-electron chi connectivity index (χ2n) is 3.87. The van der Waals surface area contributed by atoms with Crippen LogP contribution in [-0.2, 0) is 10.0 Å². The predicted octanol–water partition coefficient (Wildman–Crippen LogP) is 0.764. The third-order valence-electron chi connectivity index (χ3n) is 2.43. The second kappa shape index (κ2) is 5.54. The number of H-pyrrole nitrogens is 1. The van der Waals surface area contributed by atoms with E-state index in [1.54, 1.807) is 6.92 Å². The third-order valence-corrected chi connectivity index (χ3v) is 4.25. The van der Waals surface area contributed by atoms with E-state index in [-0.39, 0.29) is 21.3 Å². The van der Waals surface area contributed by atoms with Crippen molar-refractivity contribution < 1.29 is 8.42 Å². The van der Waals surface area contributed by atoms with E-state index >= 15 is 0 Å². The number of aromatic amines is 1. The van der Waals surface area contributed by atoms with Crippen molar-refractivity contribution in [2.45, 2.75) is 17.9 Å². The summed E-state index contributed by atoms with van der Waals surface area (Å²) in [6, 6.07) is 5.11. The molecule has 0 aliphatic heterocycles. The molecule has 0 saturated carbocycles. The van der Waals surface area contributed by atoms with Crippen LogP contribution in [0.4, 0.5) is 0 Å². The summed E-state index contributed by atoms with van der Waals surface area (Å²) in [5, 5.41) is 22.1. The molecule has 2 N–H and O–H groups in total. The van der Waals surface area contributed by atoms with E-state index in [2.05, 4.69) is 25.3 Å². The van der Waals surface area contributed by atoms with E-state index in [0.29, 0.717) is 0 Å². The Morgan fingerprint density at radius 3 is 2.85 bits per heavy atom. The van der Waals surface area contributed by atoms with Gasteiger partial charge in [-0.05, 0) is 25.1 Å². The molecule has 104 valence electrons. The molecule has 0 amide bonds. The highest BCUT2D eigenvalue weighted by molar-refractivity contribution is 7.89. The van der Waals surface area contributed by atoms with Gasteiger partial charge in [-0.2, -0.15) is 10.5 Å². The number of sulfonamides is 1. The van der Waals surface area contributed by atoms with Gasteiger partial charge in [-0.1, -0.05) is 16.8 Å². The zero-order chi connectivity index (χ0) is 14.8. The molecule has 2 aromatic rings. The summed E-state index contributed by atoms with van der Waals surface area (Å²) in [7, 11) is -3.93. The Bertz CT molecular complexity index is 753. The summed E-state index contributed by atoms with van der Waals surface area (Å²) >= 11 is 5.77. The number of rotatable bonds is 4. The van der Waals surface area contributed by atoms with Crippen LogP contribution in [0.25, 0.3) is 0 Å². The highest BCUT2D eigenvalue weighted by Crippen LogP contribution is 2.21. The molecule has 1 heterocycles. The summed E-state index contributed by atoms with van der Waals surface area (Å²) in [5.41, 5.74) is 0.00205. The van der Waals surface area contributed by atoms with Crippen LogP contribution in [0.15, 0.2) is 23.1 Å². The topological polar surface area (TPSA) is 124 Å². The Labute approximate surface area is 119 Å². The zero-order valence-corrected chi connectivity index (χ0v) is 11.8. The lowest BCUT2D eigenvalue weighted by molar-refractivity contribution is 0.559. The number of nitrogens with zero attached hydrogens (tertiary/aromatic N) is 4. The van der Waals surface area contributed by atoms with Crippen molar-refractivity contribution >= 4 is 21.6 Å². The van der Waals surface area contributed by atoms with Crippen molar-refractivity contribution in [1.29, 1.82) is 5.26 Å². The number of nitriles is 1. The molecule has 0 saturated heterocycles. The van der Waals surface area contributed by atoms with Gasteiger partial charge in [-0.15, -0.1) is 10.2 Å². The molecule has 10 heteroatoms. The van der Waals surface area contributed by atoms with E-state index in [1.807, 2.05) is 6.07 Å². The van der Waals surface area contributed by atoms with Crippen LogP contribution in [0.2, 0.25) is 5.02 Å². The van der Waals surface area contributed by atoms with Crippen LogP contribution in [-0.4, -0.2) is 29.0 Å². The summed E-state index contributed by atoms with van der Waals surface area (Å²) in [5.74, 6) is 0.189. The molecule has 0 radical (unpaired) electrons. The number of nitrogens with one attached hydrogen (secondary N) is 2. The molecular formula is C10H9ClN6O2S. The Kier molecular flexibility index (Phi) is 3.99. The maximum absolute atomic E-state index is 12.3. The zero-order valence-electron chi connectivity index (χ0n) is 10.2. The fourth-order valence-corrected chi connectivity index (χ4v) is 3.13. The standard InChI is InChI=1S/C10H9ClN6O2S/c1-6(10-13-16-17-14-10)15-20(18,19)9-4-8(11)3-2-7(9)5-12/h2-4,6,15H,1H3,(H,13,14,16,17). The van der Waals surface area contributed by atoms with Crippen molar-refractivity contribution in [3.63, 3.8) is 0 Å². The molecule has 1 atom stereocenters. The third kappa shape index (κ3) is 2.93. The quantitative estimate of drug-likeness (QED) is 0.859. The highest BCUT2D eigenvalue weighted by atomic mass is 35.5. The van der Waals surface area contributed by atoms with Crippen LogP contribution in [0.1, 0.15) is 24.4 Å². The summed E-state index contributed by atoms with van der Waals surface area (Å²) < 4.78 is 26.9. The Morgan fingerprint density at radius 2 is 2.25 bits per heavy atom. The van der Waals surface area contributed by atoms with E-state index in [4.69, 9.17) is 16.9 Å². The number of tetrazole rings is 1. The van der Waals surface area contributed by atoms with Gasteiger partial charge < -0.3 is 0 Å². The van der Waals surface area contributed by atoms with Crippen molar-refractivity contribution in [2.24, 2.45) is 0 Å². The van der Waals surface area contributed by atoms with Gasteiger partial charge in [0.05, 0.1) is 11.6 Å². The lowest BCUT2D eigenvalue weighted by atomic mass is 10.2. The monoisotopic (exact) mass is 312 g/mol. The highest BCUT2D eigenvalue weighted by Gasteiger charge is 2.23. The maximum atomic E-state index is 12.3. The number of aromatic nitrogens is 4. The molecule has 1 unspecified atom stereocenters. The molecule has 1 aromatic heterocycles. The van der Waals surface area contributed by atoms with Gasteiger partial charge in [0, 0.05) is 5.02 Å². The van der Waals surface area contributed by atoms with Crippen molar-refractivity contribution in [3.05, 3.63) is 34.6 Å². The largest absolute Gasteiger partial charge is 0.242 e. The number of halogens is 1. The van der Waals surface area contributed by atoms with E-state index < -0.39 is 16.1 Å². The van der Waals surface area contributed by atoms with Crippen LogP contribution >= 0.6 is 11.6 Å². The minimum absolute atomic E-state index is 0.00205. The minimum atomic E-state index is -3.93. The lowest BCUT2D eigenvalue weighted by Gasteiger charge is -2.12. The summed E-state index contributed by atoms with van der Waals surface area (Å²) in [4.78, 5) is -0.192. The average Bonchev–Trinajstić information content (AvgIpc) is 2.92. The molecule has 0 bridgehead atoms. The van der Waals surface area contributed by atoms with Crippen molar-refractivity contribution in [1.82, 2.24) is 25.3 Å². The van der Waals surface area contributed by atoms with Crippen molar-refractivity contribution in [2.75, 3.05) is 0 Å². The summed E-state index contributed by atoms with van der Waals surface area (Å²) in [6.07, 6.45) is 0. The van der Waals surface area contributed by atoms with Gasteiger partial charge in [0.25, 0.3) is 0 Å². The molecular weight excluding hydrogens is 304 g/mol. The molecule has 0 aliphatic carbocycles. The first kappa shape index (κ1) is 14.4. The molecule has 0 fully saturated rings. The molecule has 1 aromatic carbocycles. The Hall–Kier alpha value is -2.02. The van der Waals surface area contributed by atoms with Gasteiger partial charge >= 0.3 is 0 Å². The van der Waals surface area contributed by atoms with Gasteiger partial charge in [-0.3, -0.25) is 0 Å². The van der Waals surface area contributed by atoms with Gasteiger partial charge in [-0.25, -0.2) is 13.1 Å². The lowest BCUT2D eigenvalue weighted by Crippen LogP contribution is -2.28. The molecule has 0 spiro atoms. The van der Waals surface area contributed by atoms with Crippen molar-refractivity contribution in [3.8, 4) is 6.07 Å². The van der Waals surface area contributed by atoms with Crippen LogP contribution in [0, 0.1) is 11.3 Å². The SMILES string of the molecule is CC(NS(=O)(=O)c1cc(Cl)ccc1C#N)c1nn[nH]n1. The number of hydrogen-bond donors (Lipinski definition) is 2. The molecule has 20 heavy (non-hydrogen) atoms. The molecule has 0 aliphatic rings. The maximum Gasteiger partial charge on any atom is 0.242 e. The first-order chi connectivity index (χ1) is 9.44. The predicted molar refractivity (Wildman–Crippen MR) is 69.1 cm³/mol. The smallest absolute Gasteiger partial charge is 0.207 e. The fraction of sp³-hybridized carbons (Fsp3) is 0.200. The van der Waals surface area contributed by atoms with Gasteiger partial charge in [0.2, 0.25) is 10.0 Å². The molecule has 8 nitrogen and oxygen atoms in total. The van der Waals surface area contributed by atoms with E-state index in [1.165, 1.54) is 18.2 Å². The summed E-state index contributed by atoms with van der Waals surface area (Å²) in [6.45, 7) is 1.55. The van der Waals surface area contributed by atoms with Crippen LogP contribution in [0.5, 0.6) is 0 Å². The normalized spacial score (nSPS) is 12.8. The van der Waals surface area contributed by atoms with E-state index in [9.17, 15) is 8.42 Å². The Balaban J connectivity index is 2.36. The first-order valence-electron chi connectivity index (χ1n) is 5.39. The average molecular weight is 313 g/mol. The van der Waals surface area contributed by atoms with Crippen LogP contribution in [0.3, 0.4) is 0 Å². The minimum Gasteiger partial charge on any atom is -0.207 e. The fourth-order valence-electron chi connectivity index (χ4n) is 1.51. The Morgan fingerprint density at radius 1 is 1.50 bits per heavy atom. The molecule has 2 rings (SSSR count). The van der Waals surface area contributed by atoms with Crippen LogP contribution < -0.4 is 4.72 Å². The van der Waals surface area contributed by atoms with Gasteiger partial charge in [0.15, 0.2) is 5.82 Å². The second-order valence-corrected chi connectivity index (χ2v) is 5.98. The number of hydrogen-bond acceptors (Lipinski definition) is 6. The van der Waals surface area contributed by atoms with Gasteiger partial charge in [0.1, 0.15) is 11.0 Å².